The van der Waals surface area contributed by atoms with E-state index in [1.54, 1.807) is 12.1 Å². The van der Waals surface area contributed by atoms with Gasteiger partial charge in [0.05, 0.1) is 11.2 Å². The fourth-order valence-corrected chi connectivity index (χ4v) is 6.92. The second kappa shape index (κ2) is 22.1. The first-order valence-electron chi connectivity index (χ1n) is 18.9. The number of phenols is 1. The lowest BCUT2D eigenvalue weighted by Gasteiger charge is -2.37. The summed E-state index contributed by atoms with van der Waals surface area (Å²) in [4.78, 5) is 14.6. The number of carbonyl (C=O) groups is 1. The monoisotopic (exact) mass is 722 g/mol. The van der Waals surface area contributed by atoms with Crippen LogP contribution in [0.2, 0.25) is 0 Å². The van der Waals surface area contributed by atoms with Gasteiger partial charge in [-0.15, -0.1) is 0 Å². The third-order valence-corrected chi connectivity index (χ3v) is 9.56. The lowest BCUT2D eigenvalue weighted by Crippen LogP contribution is -2.39. The van der Waals surface area contributed by atoms with Gasteiger partial charge in [0, 0.05) is 29.6 Å². The van der Waals surface area contributed by atoms with E-state index in [4.69, 9.17) is 5.73 Å². The number of benzene rings is 2. The Morgan fingerprint density at radius 3 is 1.92 bits per heavy atom. The molecule has 6 nitrogen and oxygen atoms in total. The topological polar surface area (TPSA) is 120 Å². The van der Waals surface area contributed by atoms with Crippen LogP contribution in [0.25, 0.3) is 10.9 Å². The Kier molecular flexibility index (Phi) is 19.1. The molecule has 2 aromatic carbocycles. The number of aromatic amines is 1. The number of halogens is 4. The van der Waals surface area contributed by atoms with Crippen LogP contribution in [-0.2, 0) is 11.8 Å². The van der Waals surface area contributed by atoms with E-state index in [2.05, 4.69) is 11.9 Å². The molecule has 0 aliphatic carbocycles. The van der Waals surface area contributed by atoms with E-state index in [-0.39, 0.29) is 30.6 Å². The molecule has 0 aliphatic heterocycles. The quantitative estimate of drug-likeness (QED) is 0.0493. The number of unbranched alkanes of at least 4 members (excludes halogenated alkanes) is 13. The number of rotatable bonds is 23. The first-order valence-corrected chi connectivity index (χ1v) is 18.9. The molecule has 1 unspecified atom stereocenters. The van der Waals surface area contributed by atoms with Gasteiger partial charge in [-0.25, -0.2) is 9.18 Å². The molecule has 0 radical (unpaired) electrons. The van der Waals surface area contributed by atoms with Crippen molar-refractivity contribution in [2.24, 2.45) is 5.73 Å². The van der Waals surface area contributed by atoms with Crippen LogP contribution in [0.4, 0.5) is 17.6 Å². The molecule has 288 valence electrons. The highest BCUT2D eigenvalue weighted by Gasteiger charge is 2.37. The number of phenolic OH excluding ortho intramolecular Hbond substituents is 1. The van der Waals surface area contributed by atoms with Crippen LogP contribution in [0.5, 0.6) is 5.75 Å². The van der Waals surface area contributed by atoms with E-state index in [1.807, 2.05) is 19.9 Å². The minimum Gasteiger partial charge on any atom is -0.508 e. The summed E-state index contributed by atoms with van der Waals surface area (Å²) in [6, 6.07) is 10.4. The fraction of sp³-hybridized carbons (Fsp3) is 0.634. The average molecular weight is 723 g/mol. The molecule has 6 N–H and O–H groups in total. The molecule has 0 saturated heterocycles. The van der Waals surface area contributed by atoms with Crippen molar-refractivity contribution < 1.29 is 37.7 Å². The molecule has 0 bridgehead atoms. The van der Waals surface area contributed by atoms with E-state index < -0.39 is 35.4 Å². The van der Waals surface area contributed by atoms with Crippen LogP contribution in [0.3, 0.4) is 0 Å². The van der Waals surface area contributed by atoms with Gasteiger partial charge >= 0.3 is 12.1 Å². The van der Waals surface area contributed by atoms with E-state index in [0.717, 1.165) is 43.3 Å². The molecule has 0 spiro atoms. The van der Waals surface area contributed by atoms with Crippen molar-refractivity contribution in [3.8, 4) is 5.75 Å². The summed E-state index contributed by atoms with van der Waals surface area (Å²) in [6.07, 6.45) is 11.6. The first-order chi connectivity index (χ1) is 24.1. The minimum atomic E-state index is -4.11. The van der Waals surface area contributed by atoms with Gasteiger partial charge in [-0.3, -0.25) is 0 Å². The van der Waals surface area contributed by atoms with Gasteiger partial charge in [0.25, 0.3) is 0 Å². The second-order valence-electron chi connectivity index (χ2n) is 14.9. The summed E-state index contributed by atoms with van der Waals surface area (Å²) in [5, 5.41) is 32.5. The van der Waals surface area contributed by atoms with Gasteiger partial charge in [0.1, 0.15) is 11.6 Å². The van der Waals surface area contributed by atoms with Gasteiger partial charge in [0.2, 0.25) is 0 Å². The lowest BCUT2D eigenvalue weighted by atomic mass is 9.72. The highest BCUT2D eigenvalue weighted by molar-refractivity contribution is 5.93. The molecule has 10 heteroatoms. The molecule has 51 heavy (non-hydrogen) atoms. The predicted octanol–water partition coefficient (Wildman–Crippen LogP) is 11.5. The van der Waals surface area contributed by atoms with Crippen molar-refractivity contribution >= 4 is 16.9 Å². The normalized spacial score (nSPS) is 13.2. The summed E-state index contributed by atoms with van der Waals surface area (Å²) in [5.74, 6) is -1.57. The summed E-state index contributed by atoms with van der Waals surface area (Å²) in [5.41, 5.74) is 5.30. The highest BCUT2D eigenvalue weighted by Crippen LogP contribution is 2.40. The van der Waals surface area contributed by atoms with Crippen LogP contribution in [0.15, 0.2) is 42.5 Å². The Morgan fingerprint density at radius 2 is 1.35 bits per heavy atom. The number of hydrogen-bond acceptors (Lipinski definition) is 4. The summed E-state index contributed by atoms with van der Waals surface area (Å²) >= 11 is 0. The van der Waals surface area contributed by atoms with Crippen LogP contribution in [0.1, 0.15) is 158 Å². The van der Waals surface area contributed by atoms with Crippen molar-refractivity contribution in [3.05, 3.63) is 65.1 Å². The molecule has 1 atom stereocenters. The maximum absolute atomic E-state index is 14.0. The van der Waals surface area contributed by atoms with E-state index in [9.17, 15) is 37.7 Å². The van der Waals surface area contributed by atoms with Crippen molar-refractivity contribution in [3.63, 3.8) is 0 Å². The number of carboxylic acids is 1. The molecule has 0 saturated carbocycles. The summed E-state index contributed by atoms with van der Waals surface area (Å²) in [6.45, 7) is 6.82. The largest absolute Gasteiger partial charge is 0.508 e. The maximum Gasteiger partial charge on any atom is 0.389 e. The SMILES string of the molecule is CC(C)(CC(O)(CCCCCCCCCC(F)(F)F)Cc1cc2ccc(C(=O)O)cc2[nH]1)c1cc(F)ccc1O.CCCCCCCCCCN. The number of alkyl halides is 3. The second-order valence-corrected chi connectivity index (χ2v) is 14.9. The Balaban J connectivity index is 0.000000705. The summed E-state index contributed by atoms with van der Waals surface area (Å²) in [7, 11) is 0. The number of aromatic carboxylic acids is 1. The van der Waals surface area contributed by atoms with Crippen molar-refractivity contribution in [1.82, 2.24) is 4.98 Å². The number of aromatic hydroxyl groups is 1. The zero-order chi connectivity index (χ0) is 37.9. The number of nitrogens with one attached hydrogen (secondary N) is 1. The van der Waals surface area contributed by atoms with Gasteiger partial charge in [0.15, 0.2) is 0 Å². The molecule has 3 rings (SSSR count). The zero-order valence-corrected chi connectivity index (χ0v) is 31.0. The number of carboxylic acid groups (broad SMARTS) is 1. The predicted molar refractivity (Wildman–Crippen MR) is 199 cm³/mol. The summed E-state index contributed by atoms with van der Waals surface area (Å²) < 4.78 is 50.9. The van der Waals surface area contributed by atoms with Crippen LogP contribution < -0.4 is 5.73 Å². The number of H-pyrrole nitrogens is 1. The maximum atomic E-state index is 14.0. The molecule has 1 heterocycles. The van der Waals surface area contributed by atoms with Gasteiger partial charge < -0.3 is 26.0 Å². The van der Waals surface area contributed by atoms with Crippen molar-refractivity contribution in [1.29, 1.82) is 0 Å². The molecule has 3 aromatic rings. The van der Waals surface area contributed by atoms with Gasteiger partial charge in [-0.2, -0.15) is 13.2 Å². The lowest BCUT2D eigenvalue weighted by molar-refractivity contribution is -0.135. The molecule has 0 aliphatic rings. The van der Waals surface area contributed by atoms with Crippen LogP contribution >= 0.6 is 0 Å². The number of aliphatic hydroxyl groups is 1. The molecule has 0 fully saturated rings. The Bertz CT molecular complexity index is 1430. The van der Waals surface area contributed by atoms with Crippen molar-refractivity contribution in [2.45, 2.75) is 160 Å². The fourth-order valence-electron chi connectivity index (χ4n) is 6.92. The Hall–Kier alpha value is -3.11. The number of fused-ring (bicyclic) bond motifs is 1. The molecular weight excluding hydrogens is 660 g/mol. The number of aromatic nitrogens is 1. The third-order valence-electron chi connectivity index (χ3n) is 9.56. The molecule has 0 amide bonds. The van der Waals surface area contributed by atoms with E-state index in [1.165, 1.54) is 75.6 Å². The van der Waals surface area contributed by atoms with Gasteiger partial charge in [-0.1, -0.05) is 110 Å². The third kappa shape index (κ3) is 17.3. The molecule has 1 aromatic heterocycles. The van der Waals surface area contributed by atoms with Crippen LogP contribution in [0, 0.1) is 5.82 Å². The van der Waals surface area contributed by atoms with E-state index in [0.29, 0.717) is 30.3 Å². The van der Waals surface area contributed by atoms with Crippen LogP contribution in [-0.4, -0.2) is 44.6 Å². The zero-order valence-electron chi connectivity index (χ0n) is 31.0. The Morgan fingerprint density at radius 1 is 0.784 bits per heavy atom. The average Bonchev–Trinajstić information content (AvgIpc) is 3.45. The first kappa shape index (κ1) is 44.1. The van der Waals surface area contributed by atoms with Gasteiger partial charge in [-0.05, 0) is 79.4 Å². The highest BCUT2D eigenvalue weighted by atomic mass is 19.4. The minimum absolute atomic E-state index is 0.0499. The number of nitrogens with two attached hydrogens (primary N) is 1. The standard InChI is InChI=1S/C31H39F4NO4.C10H23N/c1-29(2,25-18-23(32)12-13-27(25)37)20-30(40,14-8-6-4-3-5-7-9-15-31(33,34)35)19-24-16-21-10-11-22(28(38)39)17-26(21)36-24;1-2-3-4-5-6-7-8-9-10-11/h10-13,16-18,36-37,40H,3-9,14-15,19-20H2,1-2H3,(H,38,39);2-11H2,1H3. The van der Waals surface area contributed by atoms with Crippen molar-refractivity contribution in [2.75, 3.05) is 6.54 Å². The van der Waals surface area contributed by atoms with E-state index >= 15 is 0 Å². The molecular formula is C41H62F4N2O4. The Labute approximate surface area is 302 Å². The smallest absolute Gasteiger partial charge is 0.389 e. The number of hydrogen-bond donors (Lipinski definition) is 5.